The third-order valence-electron chi connectivity index (χ3n) is 5.27. The summed E-state index contributed by atoms with van der Waals surface area (Å²) in [6.45, 7) is 3.59. The highest BCUT2D eigenvalue weighted by molar-refractivity contribution is 7.88. The molecule has 2 aliphatic heterocycles. The van der Waals surface area contributed by atoms with E-state index in [2.05, 4.69) is 22.3 Å². The molecule has 0 aliphatic carbocycles. The normalized spacial score (nSPS) is 22.9. The van der Waals surface area contributed by atoms with Crippen molar-refractivity contribution in [3.63, 3.8) is 0 Å². The minimum absolute atomic E-state index is 0.0652. The van der Waals surface area contributed by atoms with E-state index in [0.717, 1.165) is 19.5 Å². The second kappa shape index (κ2) is 7.74. The van der Waals surface area contributed by atoms with Crippen molar-refractivity contribution in [1.82, 2.24) is 9.62 Å². The van der Waals surface area contributed by atoms with Crippen LogP contribution in [0.5, 0.6) is 0 Å². The minimum atomic E-state index is -3.14. The van der Waals surface area contributed by atoms with Crippen LogP contribution in [0.4, 0.5) is 5.69 Å². The molecule has 0 unspecified atom stereocenters. The van der Waals surface area contributed by atoms with Crippen LogP contribution in [-0.2, 0) is 14.8 Å². The van der Waals surface area contributed by atoms with Gasteiger partial charge in [0.2, 0.25) is 15.9 Å². The number of amides is 1. The third kappa shape index (κ3) is 4.73. The summed E-state index contributed by atoms with van der Waals surface area (Å²) in [5, 5.41) is 3.09. The molecule has 2 heterocycles. The Hall–Kier alpha value is -1.60. The van der Waals surface area contributed by atoms with Gasteiger partial charge in [-0.25, -0.2) is 12.7 Å². The first-order valence-electron chi connectivity index (χ1n) is 8.96. The summed E-state index contributed by atoms with van der Waals surface area (Å²) in [4.78, 5) is 14.7. The highest BCUT2D eigenvalue weighted by atomic mass is 32.2. The Bertz CT molecular complexity index is 685. The molecule has 2 saturated heterocycles. The molecule has 1 aromatic rings. The second-order valence-electron chi connectivity index (χ2n) is 7.12. The van der Waals surface area contributed by atoms with Crippen LogP contribution in [-0.4, -0.2) is 57.6 Å². The van der Waals surface area contributed by atoms with Crippen LogP contribution in [0.15, 0.2) is 30.3 Å². The first-order valence-corrected chi connectivity index (χ1v) is 10.8. The van der Waals surface area contributed by atoms with Crippen LogP contribution in [0.25, 0.3) is 0 Å². The number of carbonyl (C=O) groups excluding carboxylic acids is 1. The quantitative estimate of drug-likeness (QED) is 0.854. The average molecular weight is 365 g/mol. The number of para-hydroxylation sites is 1. The van der Waals surface area contributed by atoms with Gasteiger partial charge in [0, 0.05) is 44.3 Å². The number of nitrogens with one attached hydrogen (secondary N) is 1. The van der Waals surface area contributed by atoms with E-state index in [0.29, 0.717) is 38.4 Å². The number of anilines is 1. The van der Waals surface area contributed by atoms with E-state index < -0.39 is 10.0 Å². The number of nitrogens with zero attached hydrogens (tertiary/aromatic N) is 2. The van der Waals surface area contributed by atoms with Crippen LogP contribution in [0.1, 0.15) is 19.3 Å². The lowest BCUT2D eigenvalue weighted by Crippen LogP contribution is -2.43. The Morgan fingerprint density at radius 3 is 2.44 bits per heavy atom. The summed E-state index contributed by atoms with van der Waals surface area (Å²) in [6, 6.07) is 10.4. The summed E-state index contributed by atoms with van der Waals surface area (Å²) in [5.74, 6) is 0.483. The first kappa shape index (κ1) is 18.2. The zero-order valence-electron chi connectivity index (χ0n) is 14.7. The molecule has 3 rings (SSSR count). The zero-order valence-corrected chi connectivity index (χ0v) is 15.5. The van der Waals surface area contributed by atoms with E-state index in [4.69, 9.17) is 0 Å². The van der Waals surface area contributed by atoms with Crippen LogP contribution < -0.4 is 10.2 Å². The SMILES string of the molecule is CS(=O)(=O)N1CCC(C(=O)NC[C@@H]2CCN(c3ccccc3)C2)CC1. The molecule has 1 amide bonds. The molecule has 1 aromatic carbocycles. The van der Waals surface area contributed by atoms with Gasteiger partial charge in [-0.2, -0.15) is 0 Å². The van der Waals surface area contributed by atoms with Crippen LogP contribution in [0.2, 0.25) is 0 Å². The molecule has 0 spiro atoms. The second-order valence-corrected chi connectivity index (χ2v) is 9.10. The maximum absolute atomic E-state index is 12.4. The summed E-state index contributed by atoms with van der Waals surface area (Å²) in [7, 11) is -3.14. The van der Waals surface area contributed by atoms with Gasteiger partial charge in [0.25, 0.3) is 0 Å². The van der Waals surface area contributed by atoms with Gasteiger partial charge in [-0.15, -0.1) is 0 Å². The van der Waals surface area contributed by atoms with Crippen LogP contribution in [0.3, 0.4) is 0 Å². The number of benzene rings is 1. The first-order chi connectivity index (χ1) is 11.9. The van der Waals surface area contributed by atoms with Gasteiger partial charge in [-0.1, -0.05) is 18.2 Å². The number of carbonyl (C=O) groups is 1. The Morgan fingerprint density at radius 1 is 1.12 bits per heavy atom. The fraction of sp³-hybridized carbons (Fsp3) is 0.611. The molecule has 2 fully saturated rings. The summed E-state index contributed by atoms with van der Waals surface area (Å²) < 4.78 is 24.5. The lowest BCUT2D eigenvalue weighted by atomic mass is 9.97. The van der Waals surface area contributed by atoms with Gasteiger partial charge in [0.15, 0.2) is 0 Å². The van der Waals surface area contributed by atoms with Gasteiger partial charge in [-0.05, 0) is 37.3 Å². The number of rotatable bonds is 5. The van der Waals surface area contributed by atoms with Gasteiger partial charge in [-0.3, -0.25) is 4.79 Å². The largest absolute Gasteiger partial charge is 0.371 e. The van der Waals surface area contributed by atoms with E-state index in [1.165, 1.54) is 16.2 Å². The van der Waals surface area contributed by atoms with E-state index in [1.807, 2.05) is 18.2 Å². The molecule has 1 N–H and O–H groups in total. The zero-order chi connectivity index (χ0) is 17.9. The number of sulfonamides is 1. The van der Waals surface area contributed by atoms with Gasteiger partial charge >= 0.3 is 0 Å². The number of hydrogen-bond acceptors (Lipinski definition) is 4. The molecule has 1 atom stereocenters. The molecule has 0 saturated carbocycles. The van der Waals surface area contributed by atoms with Gasteiger partial charge < -0.3 is 10.2 Å². The third-order valence-corrected chi connectivity index (χ3v) is 6.57. The van der Waals surface area contributed by atoms with E-state index in [9.17, 15) is 13.2 Å². The maximum atomic E-state index is 12.4. The van der Waals surface area contributed by atoms with Crippen LogP contribution in [0, 0.1) is 11.8 Å². The predicted molar refractivity (Wildman–Crippen MR) is 98.9 cm³/mol. The maximum Gasteiger partial charge on any atom is 0.223 e. The summed E-state index contributed by atoms with van der Waals surface area (Å²) in [5.41, 5.74) is 1.24. The Labute approximate surface area is 150 Å². The van der Waals surface area contributed by atoms with Gasteiger partial charge in [0.05, 0.1) is 6.26 Å². The molecule has 7 heteroatoms. The van der Waals surface area contributed by atoms with Crippen molar-refractivity contribution in [2.45, 2.75) is 19.3 Å². The van der Waals surface area contributed by atoms with Gasteiger partial charge in [0.1, 0.15) is 0 Å². The van der Waals surface area contributed by atoms with Crippen molar-refractivity contribution in [3.05, 3.63) is 30.3 Å². The number of hydrogen-bond donors (Lipinski definition) is 1. The Morgan fingerprint density at radius 2 is 1.80 bits per heavy atom. The predicted octanol–water partition coefficient (Wildman–Crippen LogP) is 1.30. The van der Waals surface area contributed by atoms with Crippen molar-refractivity contribution in [1.29, 1.82) is 0 Å². The van der Waals surface area contributed by atoms with Crippen molar-refractivity contribution in [2.75, 3.05) is 43.9 Å². The average Bonchev–Trinajstić information content (AvgIpc) is 3.09. The van der Waals surface area contributed by atoms with Crippen molar-refractivity contribution in [3.8, 4) is 0 Å². The lowest BCUT2D eigenvalue weighted by molar-refractivity contribution is -0.126. The monoisotopic (exact) mass is 365 g/mol. The minimum Gasteiger partial charge on any atom is -0.371 e. The molecule has 6 nitrogen and oxygen atoms in total. The lowest BCUT2D eigenvalue weighted by Gasteiger charge is -2.29. The highest BCUT2D eigenvalue weighted by Crippen LogP contribution is 2.23. The van der Waals surface area contributed by atoms with E-state index >= 15 is 0 Å². The van der Waals surface area contributed by atoms with E-state index in [1.54, 1.807) is 0 Å². The Kier molecular flexibility index (Phi) is 5.64. The standard InChI is InChI=1S/C18H27N3O3S/c1-25(23,24)21-11-8-16(9-12-21)18(22)19-13-15-7-10-20(14-15)17-5-3-2-4-6-17/h2-6,15-16H,7-14H2,1H3,(H,19,22)/t15-/m0/s1. The summed E-state index contributed by atoms with van der Waals surface area (Å²) in [6.07, 6.45) is 3.53. The molecule has 0 bridgehead atoms. The van der Waals surface area contributed by atoms with Crippen molar-refractivity contribution < 1.29 is 13.2 Å². The number of piperidine rings is 1. The van der Waals surface area contributed by atoms with Crippen molar-refractivity contribution in [2.24, 2.45) is 11.8 Å². The molecule has 138 valence electrons. The molecule has 25 heavy (non-hydrogen) atoms. The fourth-order valence-corrected chi connectivity index (χ4v) is 4.59. The van der Waals surface area contributed by atoms with Crippen molar-refractivity contribution >= 4 is 21.6 Å². The van der Waals surface area contributed by atoms with E-state index in [-0.39, 0.29) is 11.8 Å². The summed E-state index contributed by atoms with van der Waals surface area (Å²) >= 11 is 0. The topological polar surface area (TPSA) is 69.7 Å². The van der Waals surface area contributed by atoms with Crippen LogP contribution >= 0.6 is 0 Å². The smallest absolute Gasteiger partial charge is 0.223 e. The molecule has 0 radical (unpaired) electrons. The fourth-order valence-electron chi connectivity index (χ4n) is 3.71. The molecular formula is C18H27N3O3S. The molecule has 0 aromatic heterocycles. The molecular weight excluding hydrogens is 338 g/mol. The molecule has 2 aliphatic rings. The Balaban J connectivity index is 1.42. The highest BCUT2D eigenvalue weighted by Gasteiger charge is 2.30.